The van der Waals surface area contributed by atoms with Gasteiger partial charge in [0.25, 0.3) is 0 Å². The zero-order valence-electron chi connectivity index (χ0n) is 16.1. The lowest BCUT2D eigenvalue weighted by atomic mass is 9.99. The Morgan fingerprint density at radius 3 is 2.22 bits per heavy atom. The Labute approximate surface area is 159 Å². The first-order valence-corrected chi connectivity index (χ1v) is 9.07. The summed E-state index contributed by atoms with van der Waals surface area (Å²) >= 11 is 0. The minimum Gasteiger partial charge on any atom is -0.261 e. The summed E-state index contributed by atoms with van der Waals surface area (Å²) in [6.45, 7) is 8.03. The molecule has 0 unspecified atom stereocenters. The summed E-state index contributed by atoms with van der Waals surface area (Å²) in [6.07, 6.45) is 5.42. The maximum Gasteiger partial charge on any atom is 0.103 e. The van der Waals surface area contributed by atoms with Gasteiger partial charge in [-0.25, -0.2) is 4.52 Å². The SMILES string of the molecule is CC.Cc1ccc(-c2cc(-c3ccc(C)nc3)c3c(C#N)cnn3c2)cc1. The van der Waals surface area contributed by atoms with E-state index in [-0.39, 0.29) is 0 Å². The molecule has 0 atom stereocenters. The summed E-state index contributed by atoms with van der Waals surface area (Å²) in [5.41, 5.74) is 7.65. The van der Waals surface area contributed by atoms with Crippen LogP contribution in [-0.4, -0.2) is 14.6 Å². The van der Waals surface area contributed by atoms with Crippen LogP contribution >= 0.6 is 0 Å². The second kappa shape index (κ2) is 7.84. The first kappa shape index (κ1) is 18.3. The van der Waals surface area contributed by atoms with Crippen molar-refractivity contribution in [2.45, 2.75) is 27.7 Å². The highest BCUT2D eigenvalue weighted by Crippen LogP contribution is 2.31. The van der Waals surface area contributed by atoms with Crippen LogP contribution in [0.25, 0.3) is 27.8 Å². The van der Waals surface area contributed by atoms with Gasteiger partial charge >= 0.3 is 0 Å². The van der Waals surface area contributed by atoms with Gasteiger partial charge < -0.3 is 0 Å². The first-order valence-electron chi connectivity index (χ1n) is 9.07. The maximum absolute atomic E-state index is 9.44. The number of nitrogens with zero attached hydrogens (tertiary/aromatic N) is 4. The van der Waals surface area contributed by atoms with Gasteiger partial charge in [0.05, 0.1) is 17.3 Å². The monoisotopic (exact) mass is 354 g/mol. The Morgan fingerprint density at radius 1 is 0.889 bits per heavy atom. The predicted molar refractivity (Wildman–Crippen MR) is 109 cm³/mol. The predicted octanol–water partition coefficient (Wildman–Crippen LogP) is 5.58. The third-order valence-electron chi connectivity index (χ3n) is 4.34. The summed E-state index contributed by atoms with van der Waals surface area (Å²) in [6, 6.07) is 16.7. The van der Waals surface area contributed by atoms with Crippen molar-refractivity contribution in [2.24, 2.45) is 0 Å². The molecule has 4 nitrogen and oxygen atoms in total. The van der Waals surface area contributed by atoms with Gasteiger partial charge in [0.15, 0.2) is 0 Å². The largest absolute Gasteiger partial charge is 0.261 e. The van der Waals surface area contributed by atoms with E-state index in [0.29, 0.717) is 5.56 Å². The lowest BCUT2D eigenvalue weighted by molar-refractivity contribution is 0.963. The highest BCUT2D eigenvalue weighted by Gasteiger charge is 2.13. The van der Waals surface area contributed by atoms with E-state index in [9.17, 15) is 5.26 Å². The van der Waals surface area contributed by atoms with Crippen LogP contribution < -0.4 is 0 Å². The minimum atomic E-state index is 0.561. The number of aryl methyl sites for hydroxylation is 2. The molecule has 0 radical (unpaired) electrons. The van der Waals surface area contributed by atoms with Gasteiger partial charge in [-0.1, -0.05) is 49.7 Å². The van der Waals surface area contributed by atoms with Crippen molar-refractivity contribution in [3.05, 3.63) is 77.9 Å². The van der Waals surface area contributed by atoms with Crippen LogP contribution in [0.2, 0.25) is 0 Å². The van der Waals surface area contributed by atoms with Crippen LogP contribution in [0.3, 0.4) is 0 Å². The van der Waals surface area contributed by atoms with Crippen molar-refractivity contribution in [1.82, 2.24) is 14.6 Å². The zero-order chi connectivity index (χ0) is 19.4. The number of hydrogen-bond donors (Lipinski definition) is 0. The molecule has 27 heavy (non-hydrogen) atoms. The van der Waals surface area contributed by atoms with Crippen molar-refractivity contribution >= 4 is 5.52 Å². The molecule has 0 fully saturated rings. The van der Waals surface area contributed by atoms with Crippen molar-refractivity contribution in [1.29, 1.82) is 5.26 Å². The van der Waals surface area contributed by atoms with E-state index < -0.39 is 0 Å². The van der Waals surface area contributed by atoms with Gasteiger partial charge in [0.2, 0.25) is 0 Å². The van der Waals surface area contributed by atoms with Crippen molar-refractivity contribution in [3.63, 3.8) is 0 Å². The summed E-state index contributed by atoms with van der Waals surface area (Å²) in [5.74, 6) is 0. The molecule has 134 valence electrons. The molecular formula is C23H22N4. The second-order valence-corrected chi connectivity index (χ2v) is 6.16. The van der Waals surface area contributed by atoms with Crippen LogP contribution in [0.1, 0.15) is 30.7 Å². The zero-order valence-corrected chi connectivity index (χ0v) is 16.1. The molecule has 0 saturated heterocycles. The lowest BCUT2D eigenvalue weighted by Crippen LogP contribution is -1.94. The standard InChI is InChI=1S/C21H16N4.C2H6/c1-14-3-6-16(7-4-14)18-9-20(17-8-5-15(2)23-11-17)21-19(10-22)12-24-25(21)13-18;1-2/h3-9,11-13H,1-2H3;1-2H3. The molecule has 0 spiro atoms. The van der Waals surface area contributed by atoms with Crippen LogP contribution in [0.15, 0.2) is 61.1 Å². The number of hydrogen-bond acceptors (Lipinski definition) is 3. The van der Waals surface area contributed by atoms with Gasteiger partial charge in [-0.05, 0) is 31.5 Å². The van der Waals surface area contributed by atoms with E-state index >= 15 is 0 Å². The molecule has 0 aliphatic rings. The van der Waals surface area contributed by atoms with Crippen molar-refractivity contribution in [3.8, 4) is 28.3 Å². The summed E-state index contributed by atoms with van der Waals surface area (Å²) < 4.78 is 1.78. The fourth-order valence-electron chi connectivity index (χ4n) is 2.95. The fourth-order valence-corrected chi connectivity index (χ4v) is 2.95. The number of aromatic nitrogens is 3. The number of benzene rings is 1. The van der Waals surface area contributed by atoms with Crippen LogP contribution in [0, 0.1) is 25.2 Å². The third kappa shape index (κ3) is 3.58. The van der Waals surface area contributed by atoms with Gasteiger partial charge in [-0.2, -0.15) is 10.4 Å². The van der Waals surface area contributed by atoms with E-state index in [1.165, 1.54) is 5.56 Å². The second-order valence-electron chi connectivity index (χ2n) is 6.16. The summed E-state index contributed by atoms with van der Waals surface area (Å²) in [4.78, 5) is 4.40. The van der Waals surface area contributed by atoms with Crippen molar-refractivity contribution in [2.75, 3.05) is 0 Å². The molecule has 3 heterocycles. The van der Waals surface area contributed by atoms with Gasteiger partial charge in [-0.3, -0.25) is 4.98 Å². The highest BCUT2D eigenvalue weighted by molar-refractivity contribution is 5.87. The van der Waals surface area contributed by atoms with E-state index in [2.05, 4.69) is 53.4 Å². The minimum absolute atomic E-state index is 0.561. The Hall–Kier alpha value is -3.45. The number of rotatable bonds is 2. The quantitative estimate of drug-likeness (QED) is 0.472. The molecule has 4 aromatic rings. The number of pyridine rings is 2. The fraction of sp³-hybridized carbons (Fsp3) is 0.174. The average molecular weight is 354 g/mol. The topological polar surface area (TPSA) is 54.0 Å². The van der Waals surface area contributed by atoms with E-state index in [4.69, 9.17) is 0 Å². The number of nitriles is 1. The van der Waals surface area contributed by atoms with E-state index in [1.54, 1.807) is 10.7 Å². The van der Waals surface area contributed by atoms with E-state index in [1.807, 2.05) is 45.3 Å². The Kier molecular flexibility index (Phi) is 5.33. The van der Waals surface area contributed by atoms with Crippen LogP contribution in [-0.2, 0) is 0 Å². The molecule has 0 bridgehead atoms. The smallest absolute Gasteiger partial charge is 0.103 e. The van der Waals surface area contributed by atoms with Gasteiger partial charge in [0, 0.05) is 34.8 Å². The normalized spacial score (nSPS) is 10.2. The van der Waals surface area contributed by atoms with Crippen molar-refractivity contribution < 1.29 is 0 Å². The molecular weight excluding hydrogens is 332 g/mol. The number of fused-ring (bicyclic) bond motifs is 1. The van der Waals surface area contributed by atoms with Crippen LogP contribution in [0.4, 0.5) is 0 Å². The molecule has 3 aromatic heterocycles. The molecule has 0 saturated carbocycles. The Morgan fingerprint density at radius 2 is 1.59 bits per heavy atom. The molecule has 0 aliphatic carbocycles. The molecule has 0 N–H and O–H groups in total. The first-order chi connectivity index (χ1) is 13.2. The molecule has 0 aliphatic heterocycles. The van der Waals surface area contributed by atoms with Gasteiger partial charge in [-0.15, -0.1) is 0 Å². The Bertz CT molecular complexity index is 1100. The Balaban J connectivity index is 0.00000102. The highest BCUT2D eigenvalue weighted by atomic mass is 15.2. The average Bonchev–Trinajstić information content (AvgIpc) is 3.13. The third-order valence-corrected chi connectivity index (χ3v) is 4.34. The maximum atomic E-state index is 9.44. The molecule has 0 amide bonds. The summed E-state index contributed by atoms with van der Waals surface area (Å²) in [7, 11) is 0. The van der Waals surface area contributed by atoms with Gasteiger partial charge in [0.1, 0.15) is 6.07 Å². The molecule has 1 aromatic carbocycles. The van der Waals surface area contributed by atoms with Crippen LogP contribution in [0.5, 0.6) is 0 Å². The summed E-state index contributed by atoms with van der Waals surface area (Å²) in [5, 5.41) is 13.8. The molecule has 4 heteroatoms. The lowest BCUT2D eigenvalue weighted by Gasteiger charge is -2.10. The van der Waals surface area contributed by atoms with E-state index in [0.717, 1.165) is 33.5 Å². The molecule has 4 rings (SSSR count).